The van der Waals surface area contributed by atoms with Crippen LogP contribution in [-0.4, -0.2) is 30.1 Å². The predicted molar refractivity (Wildman–Crippen MR) is 72.4 cm³/mol. The van der Waals surface area contributed by atoms with Crippen molar-refractivity contribution >= 4 is 11.7 Å². The molecule has 3 N–H and O–H groups in total. The molecular formula is C14H17N3O2. The van der Waals surface area contributed by atoms with Gasteiger partial charge in [0.2, 0.25) is 5.91 Å². The van der Waals surface area contributed by atoms with Crippen molar-refractivity contribution in [3.63, 3.8) is 0 Å². The van der Waals surface area contributed by atoms with E-state index in [0.717, 1.165) is 19.4 Å². The van der Waals surface area contributed by atoms with Gasteiger partial charge in [-0.05, 0) is 30.9 Å². The second kappa shape index (κ2) is 6.88. The van der Waals surface area contributed by atoms with Crippen molar-refractivity contribution in [2.24, 2.45) is 5.73 Å². The normalized spacial score (nSPS) is 17.6. The fraction of sp³-hybridized carbons (Fsp3) is 0.429. The topological polar surface area (TPSA) is 77.2 Å². The number of pyridine rings is 1. The van der Waals surface area contributed by atoms with Crippen LogP contribution in [0, 0.1) is 11.8 Å². The molecular weight excluding hydrogens is 242 g/mol. The van der Waals surface area contributed by atoms with E-state index < -0.39 is 0 Å². The number of hydrogen-bond acceptors (Lipinski definition) is 4. The van der Waals surface area contributed by atoms with Crippen molar-refractivity contribution in [3.05, 3.63) is 23.9 Å². The van der Waals surface area contributed by atoms with Crippen molar-refractivity contribution in [2.45, 2.75) is 25.4 Å². The Kier molecular flexibility index (Phi) is 4.90. The van der Waals surface area contributed by atoms with Crippen molar-refractivity contribution in [1.29, 1.82) is 0 Å². The maximum Gasteiger partial charge on any atom is 0.228 e. The molecule has 0 bridgehead atoms. The van der Waals surface area contributed by atoms with Crippen LogP contribution in [0.25, 0.3) is 0 Å². The van der Waals surface area contributed by atoms with Gasteiger partial charge >= 0.3 is 0 Å². The zero-order valence-corrected chi connectivity index (χ0v) is 10.7. The average Bonchev–Trinajstić information content (AvgIpc) is 2.89. The van der Waals surface area contributed by atoms with Crippen LogP contribution in [0.3, 0.4) is 0 Å². The molecule has 1 unspecified atom stereocenters. The minimum absolute atomic E-state index is 0.0419. The van der Waals surface area contributed by atoms with E-state index in [1.165, 1.54) is 0 Å². The third-order valence-corrected chi connectivity index (χ3v) is 2.77. The molecule has 0 spiro atoms. The summed E-state index contributed by atoms with van der Waals surface area (Å²) in [5.74, 6) is 5.98. The lowest BCUT2D eigenvalue weighted by Crippen LogP contribution is -2.19. The largest absolute Gasteiger partial charge is 0.378 e. The summed E-state index contributed by atoms with van der Waals surface area (Å²) in [6.45, 7) is 1.04. The number of ether oxygens (including phenoxy) is 1. The molecule has 5 heteroatoms. The van der Waals surface area contributed by atoms with E-state index in [0.29, 0.717) is 17.9 Å². The highest BCUT2D eigenvalue weighted by Gasteiger charge is 2.19. The number of hydrogen-bond donors (Lipinski definition) is 2. The molecule has 19 heavy (non-hydrogen) atoms. The van der Waals surface area contributed by atoms with Gasteiger partial charge in [0.15, 0.2) is 0 Å². The van der Waals surface area contributed by atoms with E-state index in [4.69, 9.17) is 10.5 Å². The van der Waals surface area contributed by atoms with Crippen molar-refractivity contribution in [3.8, 4) is 11.8 Å². The summed E-state index contributed by atoms with van der Waals surface area (Å²) in [6.07, 6.45) is 2.39. The lowest BCUT2D eigenvalue weighted by molar-refractivity contribution is -0.118. The van der Waals surface area contributed by atoms with E-state index in [1.54, 1.807) is 18.2 Å². The van der Waals surface area contributed by atoms with Crippen LogP contribution in [-0.2, 0) is 9.53 Å². The van der Waals surface area contributed by atoms with Crippen molar-refractivity contribution < 1.29 is 9.53 Å². The monoisotopic (exact) mass is 259 g/mol. The van der Waals surface area contributed by atoms with Crippen molar-refractivity contribution in [2.75, 3.05) is 18.5 Å². The molecule has 1 amide bonds. The zero-order chi connectivity index (χ0) is 13.5. The maximum absolute atomic E-state index is 11.8. The van der Waals surface area contributed by atoms with Gasteiger partial charge in [-0.3, -0.25) is 4.79 Å². The predicted octanol–water partition coefficient (Wildman–Crippen LogP) is 0.899. The van der Waals surface area contributed by atoms with Gasteiger partial charge in [0.05, 0.1) is 19.1 Å². The third-order valence-electron chi connectivity index (χ3n) is 2.77. The summed E-state index contributed by atoms with van der Waals surface area (Å²) in [4.78, 5) is 16.0. The third kappa shape index (κ3) is 4.36. The number of nitrogens with zero attached hydrogens (tertiary/aromatic N) is 1. The molecule has 2 heterocycles. The molecule has 1 atom stereocenters. The number of carbonyl (C=O) groups excluding carboxylic acids is 1. The summed E-state index contributed by atoms with van der Waals surface area (Å²) in [6, 6.07) is 5.31. The van der Waals surface area contributed by atoms with Gasteiger partial charge < -0.3 is 15.8 Å². The number of anilines is 1. The summed E-state index contributed by atoms with van der Waals surface area (Å²) in [5.41, 5.74) is 5.90. The molecule has 1 aliphatic rings. The first-order valence-electron chi connectivity index (χ1n) is 6.35. The Morgan fingerprint density at radius 1 is 1.58 bits per heavy atom. The van der Waals surface area contributed by atoms with Gasteiger partial charge in [-0.1, -0.05) is 12.0 Å². The van der Waals surface area contributed by atoms with Gasteiger partial charge in [-0.25, -0.2) is 4.98 Å². The second-order valence-electron chi connectivity index (χ2n) is 4.30. The smallest absolute Gasteiger partial charge is 0.228 e. The molecule has 0 radical (unpaired) electrons. The standard InChI is InChI=1S/C14H17N3O2/c15-8-2-5-11-4-1-7-13(16-11)17-14(18)10-12-6-3-9-19-12/h1,4,7,12H,3,6,8-10,15H2,(H,16,17,18). The Hall–Kier alpha value is -1.90. The highest BCUT2D eigenvalue weighted by Crippen LogP contribution is 2.16. The van der Waals surface area contributed by atoms with Gasteiger partial charge in [0, 0.05) is 6.61 Å². The first-order chi connectivity index (χ1) is 9.28. The lowest BCUT2D eigenvalue weighted by Gasteiger charge is -2.09. The van der Waals surface area contributed by atoms with Gasteiger partial charge in [-0.2, -0.15) is 0 Å². The van der Waals surface area contributed by atoms with Crippen LogP contribution < -0.4 is 11.1 Å². The van der Waals surface area contributed by atoms with E-state index >= 15 is 0 Å². The van der Waals surface area contributed by atoms with Crippen LogP contribution in [0.5, 0.6) is 0 Å². The molecule has 0 aromatic carbocycles. The highest BCUT2D eigenvalue weighted by molar-refractivity contribution is 5.90. The number of nitrogens with one attached hydrogen (secondary N) is 1. The summed E-state index contributed by atoms with van der Waals surface area (Å²) in [7, 11) is 0. The van der Waals surface area contributed by atoms with Crippen LogP contribution in [0.2, 0.25) is 0 Å². The molecule has 1 aromatic heterocycles. The van der Waals surface area contributed by atoms with E-state index in [9.17, 15) is 4.79 Å². The Morgan fingerprint density at radius 2 is 2.47 bits per heavy atom. The zero-order valence-electron chi connectivity index (χ0n) is 10.7. The Labute approximate surface area is 112 Å². The van der Waals surface area contributed by atoms with Crippen LogP contribution in [0.15, 0.2) is 18.2 Å². The fourth-order valence-electron chi connectivity index (χ4n) is 1.92. The second-order valence-corrected chi connectivity index (χ2v) is 4.30. The molecule has 0 aliphatic carbocycles. The molecule has 0 saturated carbocycles. The van der Waals surface area contributed by atoms with E-state index in [2.05, 4.69) is 22.1 Å². The average molecular weight is 259 g/mol. The number of rotatable bonds is 3. The van der Waals surface area contributed by atoms with Gasteiger partial charge in [0.1, 0.15) is 11.5 Å². The first kappa shape index (κ1) is 13.5. The van der Waals surface area contributed by atoms with E-state index in [-0.39, 0.29) is 18.6 Å². The van der Waals surface area contributed by atoms with Gasteiger partial charge in [-0.15, -0.1) is 0 Å². The molecule has 1 fully saturated rings. The summed E-state index contributed by atoms with van der Waals surface area (Å²) < 4.78 is 5.42. The van der Waals surface area contributed by atoms with Crippen molar-refractivity contribution in [1.82, 2.24) is 4.98 Å². The molecule has 1 aromatic rings. The Bertz CT molecular complexity index is 499. The lowest BCUT2D eigenvalue weighted by atomic mass is 10.2. The number of nitrogens with two attached hydrogens (primary N) is 1. The SMILES string of the molecule is NCC#Cc1cccc(NC(=O)CC2CCCO2)n1. The van der Waals surface area contributed by atoms with E-state index in [1.807, 2.05) is 0 Å². The quantitative estimate of drug-likeness (QED) is 0.791. The molecule has 2 rings (SSSR count). The molecule has 5 nitrogen and oxygen atoms in total. The number of amides is 1. The first-order valence-corrected chi connectivity index (χ1v) is 6.35. The summed E-state index contributed by atoms with van der Waals surface area (Å²) >= 11 is 0. The molecule has 1 saturated heterocycles. The van der Waals surface area contributed by atoms with Gasteiger partial charge in [0.25, 0.3) is 0 Å². The maximum atomic E-state index is 11.8. The fourth-order valence-corrected chi connectivity index (χ4v) is 1.92. The van der Waals surface area contributed by atoms with Crippen LogP contribution in [0.1, 0.15) is 25.0 Å². The summed E-state index contributed by atoms with van der Waals surface area (Å²) in [5, 5.41) is 2.76. The Morgan fingerprint density at radius 3 is 3.21 bits per heavy atom. The number of aromatic nitrogens is 1. The minimum Gasteiger partial charge on any atom is -0.378 e. The Balaban J connectivity index is 1.92. The van der Waals surface area contributed by atoms with Crippen LogP contribution in [0.4, 0.5) is 5.82 Å². The molecule has 1 aliphatic heterocycles. The highest BCUT2D eigenvalue weighted by atomic mass is 16.5. The molecule has 100 valence electrons. The van der Waals surface area contributed by atoms with Crippen LogP contribution >= 0.6 is 0 Å². The number of carbonyl (C=O) groups is 1. The minimum atomic E-state index is -0.0802.